The zero-order chi connectivity index (χ0) is 17.3. The Kier molecular flexibility index (Phi) is 7.68. The Labute approximate surface area is 123 Å². The van der Waals surface area contributed by atoms with Crippen molar-refractivity contribution in [1.29, 1.82) is 0 Å². The van der Waals surface area contributed by atoms with E-state index in [2.05, 4.69) is 4.74 Å². The van der Waals surface area contributed by atoms with Crippen molar-refractivity contribution in [1.82, 2.24) is 10.6 Å². The summed E-state index contributed by atoms with van der Waals surface area (Å²) >= 11 is 0. The summed E-state index contributed by atoms with van der Waals surface area (Å²) in [6.07, 6.45) is -1.75. The summed E-state index contributed by atoms with van der Waals surface area (Å²) in [4.78, 5) is 54.7. The Morgan fingerprint density at radius 3 is 2.14 bits per heavy atom. The molecule has 0 aliphatic rings. The van der Waals surface area contributed by atoms with Gasteiger partial charge in [0.15, 0.2) is 0 Å². The van der Waals surface area contributed by atoms with Gasteiger partial charge >= 0.3 is 24.0 Å². The Morgan fingerprint density at radius 1 is 1.14 bits per heavy atom. The van der Waals surface area contributed by atoms with E-state index in [0.717, 1.165) is 7.11 Å². The number of nitrogens with one attached hydrogen (secondary N) is 2. The highest BCUT2D eigenvalue weighted by Gasteiger charge is 2.24. The zero-order valence-corrected chi connectivity index (χ0v) is 11.4. The number of methoxy groups -OCH3 is 1. The number of hydrogen-bond donors (Lipinski definition) is 5. The Bertz CT molecular complexity index is 512. The van der Waals surface area contributed by atoms with Gasteiger partial charge in [-0.1, -0.05) is 0 Å². The van der Waals surface area contributed by atoms with Crippen LogP contribution in [0.3, 0.4) is 0 Å². The van der Waals surface area contributed by atoms with Gasteiger partial charge in [-0.25, -0.2) is 14.4 Å². The van der Waals surface area contributed by atoms with Gasteiger partial charge in [-0.15, -0.1) is 0 Å². The van der Waals surface area contributed by atoms with Crippen molar-refractivity contribution in [2.45, 2.75) is 18.9 Å². The van der Waals surface area contributed by atoms with E-state index in [9.17, 15) is 24.0 Å². The first-order valence-corrected chi connectivity index (χ1v) is 5.72. The highest BCUT2D eigenvalue weighted by molar-refractivity contribution is 6.02. The monoisotopic (exact) mass is 318 g/mol. The first-order valence-electron chi connectivity index (χ1n) is 5.72. The van der Waals surface area contributed by atoms with Gasteiger partial charge in [0.1, 0.15) is 11.7 Å². The van der Waals surface area contributed by atoms with Crippen LogP contribution in [0.2, 0.25) is 0 Å². The van der Waals surface area contributed by atoms with Crippen LogP contribution in [0.5, 0.6) is 0 Å². The topological polar surface area (TPSA) is 179 Å². The lowest BCUT2D eigenvalue weighted by atomic mass is 10.1. The predicted molar refractivity (Wildman–Crippen MR) is 67.7 cm³/mol. The molecule has 122 valence electrons. The van der Waals surface area contributed by atoms with E-state index in [4.69, 9.17) is 15.3 Å². The van der Waals surface area contributed by atoms with Gasteiger partial charge in [-0.05, 0) is 6.42 Å². The van der Waals surface area contributed by atoms with Crippen molar-refractivity contribution in [3.8, 4) is 0 Å². The smallest absolute Gasteiger partial charge is 0.411 e. The second-order valence-corrected chi connectivity index (χ2v) is 3.81. The number of carboxylic acids is 3. The number of rotatable bonds is 8. The molecule has 0 heterocycles. The molecule has 0 bridgehead atoms. The predicted octanol–water partition coefficient (Wildman–Crippen LogP) is -1.25. The molecule has 2 amide bonds. The summed E-state index contributed by atoms with van der Waals surface area (Å²) in [5, 5.41) is 29.7. The molecule has 0 aromatic rings. The third kappa shape index (κ3) is 7.47. The largest absolute Gasteiger partial charge is 0.481 e. The van der Waals surface area contributed by atoms with Crippen molar-refractivity contribution in [3.63, 3.8) is 0 Å². The molecule has 11 nitrogen and oxygen atoms in total. The fourth-order valence-electron chi connectivity index (χ4n) is 1.20. The molecule has 0 aromatic heterocycles. The SMILES string of the molecule is COC(=O)N/C(=C/C(=O)O)C(=O)N[C@@H](CCC(=O)O)C(=O)O. The number of carbonyl (C=O) groups is 5. The van der Waals surface area contributed by atoms with Crippen LogP contribution in [0.1, 0.15) is 12.8 Å². The average Bonchev–Trinajstić information content (AvgIpc) is 2.41. The van der Waals surface area contributed by atoms with E-state index in [0.29, 0.717) is 6.08 Å². The van der Waals surface area contributed by atoms with Gasteiger partial charge in [0.05, 0.1) is 13.2 Å². The van der Waals surface area contributed by atoms with E-state index >= 15 is 0 Å². The maximum atomic E-state index is 11.8. The maximum absolute atomic E-state index is 11.8. The van der Waals surface area contributed by atoms with Crippen LogP contribution in [0.25, 0.3) is 0 Å². The maximum Gasteiger partial charge on any atom is 0.411 e. The fourth-order valence-corrected chi connectivity index (χ4v) is 1.20. The second-order valence-electron chi connectivity index (χ2n) is 3.81. The van der Waals surface area contributed by atoms with Crippen molar-refractivity contribution in [2.24, 2.45) is 0 Å². The van der Waals surface area contributed by atoms with Crippen molar-refractivity contribution >= 4 is 29.9 Å². The summed E-state index contributed by atoms with van der Waals surface area (Å²) in [6, 6.07) is -1.57. The van der Waals surface area contributed by atoms with Crippen LogP contribution in [-0.4, -0.2) is 58.4 Å². The van der Waals surface area contributed by atoms with Crippen LogP contribution >= 0.6 is 0 Å². The standard InChI is InChI=1S/C11H14N2O9/c1-22-11(21)13-6(4-8(16)17)9(18)12-5(10(19)20)2-3-7(14)15/h4-5H,2-3H2,1H3,(H,12,18)(H,13,21)(H,14,15)(H,16,17)(H,19,20)/b6-4+/t5-/m0/s1. The molecule has 22 heavy (non-hydrogen) atoms. The highest BCUT2D eigenvalue weighted by atomic mass is 16.5. The average molecular weight is 318 g/mol. The molecule has 0 saturated carbocycles. The lowest BCUT2D eigenvalue weighted by Crippen LogP contribution is -2.44. The number of hydrogen-bond acceptors (Lipinski definition) is 6. The van der Waals surface area contributed by atoms with Crippen LogP contribution in [0.4, 0.5) is 4.79 Å². The lowest BCUT2D eigenvalue weighted by molar-refractivity contribution is -0.142. The van der Waals surface area contributed by atoms with E-state index in [1.807, 2.05) is 5.32 Å². The minimum atomic E-state index is -1.57. The fraction of sp³-hybridized carbons (Fsp3) is 0.364. The molecule has 1 atom stereocenters. The van der Waals surface area contributed by atoms with E-state index < -0.39 is 54.5 Å². The summed E-state index contributed by atoms with van der Waals surface area (Å²) in [7, 11) is 0.971. The molecule has 5 N–H and O–H groups in total. The Morgan fingerprint density at radius 2 is 1.73 bits per heavy atom. The molecule has 0 spiro atoms. The minimum Gasteiger partial charge on any atom is -0.481 e. The van der Waals surface area contributed by atoms with Gasteiger partial charge in [0.25, 0.3) is 5.91 Å². The normalized spacial score (nSPS) is 12.0. The number of carbonyl (C=O) groups excluding carboxylic acids is 2. The second kappa shape index (κ2) is 8.94. The molecule has 0 fully saturated rings. The number of amides is 2. The molecule has 0 rings (SSSR count). The summed E-state index contributed by atoms with van der Waals surface area (Å²) in [6.45, 7) is 0. The molecule has 0 aliphatic heterocycles. The summed E-state index contributed by atoms with van der Waals surface area (Å²) in [5.41, 5.74) is -0.763. The summed E-state index contributed by atoms with van der Waals surface area (Å²) < 4.78 is 4.19. The highest BCUT2D eigenvalue weighted by Crippen LogP contribution is 2.01. The van der Waals surface area contributed by atoms with E-state index in [1.165, 1.54) is 0 Å². The van der Waals surface area contributed by atoms with Crippen molar-refractivity contribution in [2.75, 3.05) is 7.11 Å². The molecule has 0 aromatic carbocycles. The Hall–Kier alpha value is -3.11. The quantitative estimate of drug-likeness (QED) is 0.341. The third-order valence-corrected chi connectivity index (χ3v) is 2.18. The van der Waals surface area contributed by atoms with Crippen LogP contribution in [0, 0.1) is 0 Å². The van der Waals surface area contributed by atoms with Crippen molar-refractivity contribution < 1.29 is 44.0 Å². The molecule has 0 unspecified atom stereocenters. The van der Waals surface area contributed by atoms with Gasteiger partial charge in [-0.2, -0.15) is 0 Å². The molecule has 0 aliphatic carbocycles. The molecule has 0 saturated heterocycles. The minimum absolute atomic E-state index is 0.336. The third-order valence-electron chi connectivity index (χ3n) is 2.18. The number of alkyl carbamates (subject to hydrolysis) is 1. The summed E-state index contributed by atoms with van der Waals surface area (Å²) in [5.74, 6) is -5.57. The molecular formula is C11H14N2O9. The van der Waals surface area contributed by atoms with Gasteiger partial charge in [-0.3, -0.25) is 14.9 Å². The van der Waals surface area contributed by atoms with E-state index in [1.54, 1.807) is 5.32 Å². The molecule has 0 radical (unpaired) electrons. The number of aliphatic carboxylic acids is 3. The van der Waals surface area contributed by atoms with Crippen LogP contribution in [-0.2, 0) is 23.9 Å². The number of carboxylic acid groups (broad SMARTS) is 3. The van der Waals surface area contributed by atoms with Gasteiger partial charge in [0, 0.05) is 6.42 Å². The molecular weight excluding hydrogens is 304 g/mol. The van der Waals surface area contributed by atoms with Crippen LogP contribution < -0.4 is 10.6 Å². The lowest BCUT2D eigenvalue weighted by Gasteiger charge is -2.15. The number of ether oxygens (including phenoxy) is 1. The first kappa shape index (κ1) is 18.9. The zero-order valence-electron chi connectivity index (χ0n) is 11.4. The van der Waals surface area contributed by atoms with Gasteiger partial charge < -0.3 is 25.4 Å². The Balaban J connectivity index is 5.04. The first-order chi connectivity index (χ1) is 10.2. The van der Waals surface area contributed by atoms with Crippen LogP contribution in [0.15, 0.2) is 11.8 Å². The molecule has 11 heteroatoms. The van der Waals surface area contributed by atoms with Gasteiger partial charge in [0.2, 0.25) is 0 Å². The van der Waals surface area contributed by atoms with Crippen molar-refractivity contribution in [3.05, 3.63) is 11.8 Å². The van der Waals surface area contributed by atoms with E-state index in [-0.39, 0.29) is 0 Å².